The molecule has 0 aliphatic carbocycles. The number of nitrogens with zero attached hydrogens (tertiary/aromatic N) is 2. The molecule has 1 aromatic heterocycles. The van der Waals surface area contributed by atoms with Gasteiger partial charge in [0.2, 0.25) is 5.89 Å². The third-order valence-electron chi connectivity index (χ3n) is 2.65. The number of carboxylic acids is 1. The molecule has 110 valence electrons. The summed E-state index contributed by atoms with van der Waals surface area (Å²) in [5.41, 5.74) is 1.87. The summed E-state index contributed by atoms with van der Waals surface area (Å²) < 4.78 is 6.25. The summed E-state index contributed by atoms with van der Waals surface area (Å²) in [6, 6.07) is 5.64. The van der Waals surface area contributed by atoms with Crippen molar-refractivity contribution in [1.29, 1.82) is 0 Å². The normalized spacial score (nSPS) is 11.7. The van der Waals surface area contributed by atoms with E-state index in [0.717, 1.165) is 27.4 Å². The van der Waals surface area contributed by atoms with E-state index in [4.69, 9.17) is 4.42 Å². The number of aliphatic carboxylic acids is 1. The van der Waals surface area contributed by atoms with Gasteiger partial charge >= 0.3 is 5.97 Å². The molecule has 21 heavy (non-hydrogen) atoms. The first-order chi connectivity index (χ1) is 9.99. The molecule has 1 aromatic carbocycles. The third kappa shape index (κ3) is 4.18. The first kappa shape index (κ1) is 15.8. The Balaban J connectivity index is 2.27. The van der Waals surface area contributed by atoms with Crippen LogP contribution in [0.4, 0.5) is 0 Å². The van der Waals surface area contributed by atoms with Gasteiger partial charge in [0.25, 0.3) is 5.22 Å². The van der Waals surface area contributed by atoms with E-state index in [9.17, 15) is 9.90 Å². The largest absolute Gasteiger partial charge is 0.477 e. The second-order valence-electron chi connectivity index (χ2n) is 4.24. The van der Waals surface area contributed by atoms with E-state index in [1.165, 1.54) is 0 Å². The van der Waals surface area contributed by atoms with Gasteiger partial charge in [-0.25, -0.2) is 4.79 Å². The van der Waals surface area contributed by atoms with Gasteiger partial charge in [0.15, 0.2) is 0 Å². The van der Waals surface area contributed by atoms with E-state index in [-0.39, 0.29) is 10.1 Å². The van der Waals surface area contributed by atoms with Crippen LogP contribution in [0.3, 0.4) is 0 Å². The number of hydrogen-bond acceptors (Lipinski definition) is 5. The van der Waals surface area contributed by atoms with Crippen molar-refractivity contribution in [3.8, 4) is 0 Å². The number of aromatic nitrogens is 2. The van der Waals surface area contributed by atoms with Crippen LogP contribution in [0.15, 0.2) is 37.2 Å². The Labute approximate surface area is 134 Å². The van der Waals surface area contributed by atoms with E-state index < -0.39 is 5.97 Å². The van der Waals surface area contributed by atoms with Gasteiger partial charge in [0.05, 0.1) is 0 Å². The van der Waals surface area contributed by atoms with Crippen molar-refractivity contribution in [3.63, 3.8) is 0 Å². The Morgan fingerprint density at radius 1 is 1.48 bits per heavy atom. The van der Waals surface area contributed by atoms with Crippen molar-refractivity contribution in [2.45, 2.75) is 25.5 Å². The SMILES string of the molecule is CCc1nnc(S/C(=C\c2ccc(C)c(Br)c2)C(=O)O)o1. The van der Waals surface area contributed by atoms with Crippen LogP contribution in [0.5, 0.6) is 0 Å². The van der Waals surface area contributed by atoms with Crippen LogP contribution in [0.2, 0.25) is 0 Å². The molecule has 7 heteroatoms. The molecule has 1 heterocycles. The van der Waals surface area contributed by atoms with Crippen LogP contribution in [-0.4, -0.2) is 21.3 Å². The van der Waals surface area contributed by atoms with Gasteiger partial charge in [-0.2, -0.15) is 0 Å². The number of thioether (sulfide) groups is 1. The van der Waals surface area contributed by atoms with Gasteiger partial charge < -0.3 is 9.52 Å². The molecule has 2 aromatic rings. The minimum atomic E-state index is -1.03. The lowest BCUT2D eigenvalue weighted by molar-refractivity contribution is -0.131. The lowest BCUT2D eigenvalue weighted by Gasteiger charge is -2.02. The molecule has 2 rings (SSSR count). The molecular weight excluding hydrogens is 356 g/mol. The number of rotatable bonds is 5. The van der Waals surface area contributed by atoms with E-state index in [2.05, 4.69) is 26.1 Å². The highest BCUT2D eigenvalue weighted by atomic mass is 79.9. The molecule has 0 aliphatic heterocycles. The Morgan fingerprint density at radius 3 is 2.81 bits per heavy atom. The Bertz CT molecular complexity index is 697. The smallest absolute Gasteiger partial charge is 0.342 e. The van der Waals surface area contributed by atoms with Crippen LogP contribution in [0, 0.1) is 6.92 Å². The minimum absolute atomic E-state index is 0.122. The van der Waals surface area contributed by atoms with Crippen molar-refractivity contribution in [1.82, 2.24) is 10.2 Å². The maximum Gasteiger partial charge on any atom is 0.342 e. The molecule has 5 nitrogen and oxygen atoms in total. The molecule has 0 spiro atoms. The summed E-state index contributed by atoms with van der Waals surface area (Å²) in [7, 11) is 0. The highest BCUT2D eigenvalue weighted by Gasteiger charge is 2.14. The zero-order valence-corrected chi connectivity index (χ0v) is 13.9. The second kappa shape index (κ2) is 6.91. The Hall–Kier alpha value is -1.60. The minimum Gasteiger partial charge on any atom is -0.477 e. The van der Waals surface area contributed by atoms with E-state index in [1.54, 1.807) is 6.08 Å². The maximum absolute atomic E-state index is 11.3. The molecule has 0 radical (unpaired) electrons. The zero-order valence-electron chi connectivity index (χ0n) is 11.5. The number of carbonyl (C=O) groups is 1. The number of aryl methyl sites for hydroxylation is 2. The summed E-state index contributed by atoms with van der Waals surface area (Å²) in [6.07, 6.45) is 2.19. The zero-order chi connectivity index (χ0) is 15.4. The molecule has 0 amide bonds. The van der Waals surface area contributed by atoms with Crippen LogP contribution >= 0.6 is 27.7 Å². The average molecular weight is 369 g/mol. The Morgan fingerprint density at radius 2 is 2.24 bits per heavy atom. The molecular formula is C14H13BrN2O3S. The van der Waals surface area contributed by atoms with Gasteiger partial charge in [0.1, 0.15) is 4.91 Å². The monoisotopic (exact) mass is 368 g/mol. The fourth-order valence-electron chi connectivity index (χ4n) is 1.50. The molecule has 0 fully saturated rings. The van der Waals surface area contributed by atoms with Gasteiger partial charge in [0, 0.05) is 10.9 Å². The van der Waals surface area contributed by atoms with Crippen LogP contribution in [0.1, 0.15) is 23.9 Å². The lowest BCUT2D eigenvalue weighted by Crippen LogP contribution is -1.96. The van der Waals surface area contributed by atoms with Crippen molar-refractivity contribution in [2.24, 2.45) is 0 Å². The van der Waals surface area contributed by atoms with Crippen LogP contribution in [0.25, 0.3) is 6.08 Å². The first-order valence-electron chi connectivity index (χ1n) is 6.21. The number of hydrogen-bond donors (Lipinski definition) is 1. The van der Waals surface area contributed by atoms with Gasteiger partial charge in [-0.15, -0.1) is 10.2 Å². The molecule has 0 saturated heterocycles. The predicted octanol–water partition coefficient (Wildman–Crippen LogP) is 3.92. The van der Waals surface area contributed by atoms with Crippen molar-refractivity contribution >= 4 is 39.7 Å². The fraction of sp³-hybridized carbons (Fsp3) is 0.214. The van der Waals surface area contributed by atoms with Crippen molar-refractivity contribution < 1.29 is 14.3 Å². The topological polar surface area (TPSA) is 76.2 Å². The standard InChI is InChI=1S/C14H13BrN2O3S/c1-3-12-16-17-14(20-12)21-11(13(18)19)7-9-5-4-8(2)10(15)6-9/h4-7H,3H2,1-2H3,(H,18,19)/b11-7-. The number of halogens is 1. The summed E-state index contributed by atoms with van der Waals surface area (Å²) >= 11 is 4.37. The Kier molecular flexibility index (Phi) is 5.19. The predicted molar refractivity (Wildman–Crippen MR) is 84.0 cm³/mol. The molecule has 0 unspecified atom stereocenters. The highest BCUT2D eigenvalue weighted by Crippen LogP contribution is 2.28. The van der Waals surface area contributed by atoms with Gasteiger partial charge in [-0.3, -0.25) is 0 Å². The molecule has 0 atom stereocenters. The summed E-state index contributed by atoms with van der Waals surface area (Å²) in [6.45, 7) is 3.86. The number of carboxylic acid groups (broad SMARTS) is 1. The summed E-state index contributed by atoms with van der Waals surface area (Å²) in [5, 5.41) is 17.2. The maximum atomic E-state index is 11.3. The lowest BCUT2D eigenvalue weighted by atomic mass is 10.1. The molecule has 0 saturated carbocycles. The quantitative estimate of drug-likeness (QED) is 0.636. The molecule has 0 aliphatic rings. The van der Waals surface area contributed by atoms with E-state index >= 15 is 0 Å². The number of benzene rings is 1. The first-order valence-corrected chi connectivity index (χ1v) is 7.82. The highest BCUT2D eigenvalue weighted by molar-refractivity contribution is 9.10. The van der Waals surface area contributed by atoms with E-state index in [1.807, 2.05) is 32.0 Å². The molecule has 0 bridgehead atoms. The van der Waals surface area contributed by atoms with Crippen molar-refractivity contribution in [3.05, 3.63) is 44.6 Å². The summed E-state index contributed by atoms with van der Waals surface area (Å²) in [5.74, 6) is -0.548. The van der Waals surface area contributed by atoms with Gasteiger partial charge in [-0.05, 0) is 42.0 Å². The van der Waals surface area contributed by atoms with Crippen LogP contribution < -0.4 is 0 Å². The fourth-order valence-corrected chi connectivity index (χ4v) is 2.59. The second-order valence-corrected chi connectivity index (χ2v) is 6.09. The van der Waals surface area contributed by atoms with Crippen LogP contribution in [-0.2, 0) is 11.2 Å². The average Bonchev–Trinajstić information content (AvgIpc) is 2.90. The molecule has 1 N–H and O–H groups in total. The van der Waals surface area contributed by atoms with E-state index in [0.29, 0.717) is 12.3 Å². The van der Waals surface area contributed by atoms with Crippen molar-refractivity contribution in [2.75, 3.05) is 0 Å². The third-order valence-corrected chi connectivity index (χ3v) is 4.36. The summed E-state index contributed by atoms with van der Waals surface area (Å²) in [4.78, 5) is 11.5. The van der Waals surface area contributed by atoms with Gasteiger partial charge in [-0.1, -0.05) is 35.0 Å².